The van der Waals surface area contributed by atoms with Gasteiger partial charge in [0.05, 0.1) is 6.10 Å². The molecule has 2 nitrogen and oxygen atoms in total. The SMILES string of the molecule is C[C@]12C[C@H](O)[C@@]3(C)CC[C@H]4c5ccc(O)cc5CC[C@H]4[C@]13C2. The summed E-state index contributed by atoms with van der Waals surface area (Å²) in [6.45, 7) is 4.80. The molecule has 0 saturated heterocycles. The van der Waals surface area contributed by atoms with Crippen LogP contribution in [0.25, 0.3) is 0 Å². The van der Waals surface area contributed by atoms with Crippen LogP contribution in [0.4, 0.5) is 0 Å². The molecule has 0 heterocycles. The highest BCUT2D eigenvalue weighted by molar-refractivity contribution is 5.43. The van der Waals surface area contributed by atoms with Gasteiger partial charge in [-0.2, -0.15) is 0 Å². The Balaban J connectivity index is 1.62. The summed E-state index contributed by atoms with van der Waals surface area (Å²) in [5.41, 5.74) is 3.73. The number of hydrogen-bond donors (Lipinski definition) is 2. The van der Waals surface area contributed by atoms with Crippen LogP contribution in [0.2, 0.25) is 0 Å². The van der Waals surface area contributed by atoms with Gasteiger partial charge in [0.25, 0.3) is 0 Å². The molecule has 1 aromatic rings. The summed E-state index contributed by atoms with van der Waals surface area (Å²) in [7, 11) is 0. The molecule has 0 aromatic heterocycles. The minimum Gasteiger partial charge on any atom is -0.508 e. The fraction of sp³-hybridized carbons (Fsp3) is 0.700. The number of rotatable bonds is 0. The van der Waals surface area contributed by atoms with E-state index in [9.17, 15) is 10.2 Å². The Labute approximate surface area is 132 Å². The van der Waals surface area contributed by atoms with Crippen LogP contribution in [0.5, 0.6) is 5.75 Å². The molecule has 0 amide bonds. The number of fused-ring (bicyclic) bond motifs is 3. The lowest BCUT2D eigenvalue weighted by atomic mass is 9.52. The summed E-state index contributed by atoms with van der Waals surface area (Å²) in [5, 5.41) is 20.5. The second-order valence-corrected chi connectivity index (χ2v) is 9.02. The second-order valence-electron chi connectivity index (χ2n) is 9.02. The summed E-state index contributed by atoms with van der Waals surface area (Å²) in [4.78, 5) is 0. The number of aromatic hydroxyl groups is 1. The van der Waals surface area contributed by atoms with Gasteiger partial charge < -0.3 is 10.2 Å². The molecular formula is C20H26O2. The van der Waals surface area contributed by atoms with Crippen molar-refractivity contribution in [3.05, 3.63) is 29.3 Å². The monoisotopic (exact) mass is 298 g/mol. The zero-order valence-corrected chi connectivity index (χ0v) is 13.6. The number of aliphatic hydroxyl groups excluding tert-OH is 1. The van der Waals surface area contributed by atoms with Crippen LogP contribution in [0.15, 0.2) is 18.2 Å². The van der Waals surface area contributed by atoms with Gasteiger partial charge in [0, 0.05) is 0 Å². The summed E-state index contributed by atoms with van der Waals surface area (Å²) in [5.74, 6) is 1.78. The van der Waals surface area contributed by atoms with Crippen molar-refractivity contribution in [1.29, 1.82) is 0 Å². The topological polar surface area (TPSA) is 40.5 Å². The van der Waals surface area contributed by atoms with Gasteiger partial charge in [-0.25, -0.2) is 0 Å². The molecule has 2 N–H and O–H groups in total. The maximum absolute atomic E-state index is 10.7. The molecule has 22 heavy (non-hydrogen) atoms. The Morgan fingerprint density at radius 2 is 2.00 bits per heavy atom. The lowest BCUT2D eigenvalue weighted by Crippen LogP contribution is -2.47. The maximum Gasteiger partial charge on any atom is 0.115 e. The lowest BCUT2D eigenvalue weighted by molar-refractivity contribution is -0.0574. The molecule has 4 aliphatic rings. The van der Waals surface area contributed by atoms with E-state index >= 15 is 0 Å². The predicted octanol–water partition coefficient (Wildman–Crippen LogP) is 4.00. The van der Waals surface area contributed by atoms with Gasteiger partial charge in [0.2, 0.25) is 0 Å². The molecule has 3 fully saturated rings. The van der Waals surface area contributed by atoms with E-state index in [0.29, 0.717) is 22.5 Å². The van der Waals surface area contributed by atoms with E-state index in [1.807, 2.05) is 12.1 Å². The number of aryl methyl sites for hydroxylation is 1. The first-order valence-electron chi connectivity index (χ1n) is 8.91. The van der Waals surface area contributed by atoms with Crippen molar-refractivity contribution in [2.24, 2.45) is 22.2 Å². The van der Waals surface area contributed by atoms with Gasteiger partial charge in [-0.15, -0.1) is 0 Å². The largest absolute Gasteiger partial charge is 0.508 e. The minimum absolute atomic E-state index is 0.103. The van der Waals surface area contributed by atoms with Gasteiger partial charge in [0.1, 0.15) is 5.75 Å². The quantitative estimate of drug-likeness (QED) is 0.760. The molecule has 118 valence electrons. The highest BCUT2D eigenvalue weighted by atomic mass is 16.3. The van der Waals surface area contributed by atoms with Crippen molar-refractivity contribution in [2.45, 2.75) is 64.4 Å². The van der Waals surface area contributed by atoms with E-state index in [-0.39, 0.29) is 11.5 Å². The number of benzene rings is 1. The highest BCUT2D eigenvalue weighted by Crippen LogP contribution is 2.87. The minimum atomic E-state index is -0.103. The van der Waals surface area contributed by atoms with Crippen molar-refractivity contribution >= 4 is 0 Å². The van der Waals surface area contributed by atoms with Crippen LogP contribution < -0.4 is 0 Å². The van der Waals surface area contributed by atoms with E-state index < -0.39 is 0 Å². The van der Waals surface area contributed by atoms with Crippen molar-refractivity contribution in [3.63, 3.8) is 0 Å². The fourth-order valence-corrected chi connectivity index (χ4v) is 7.36. The van der Waals surface area contributed by atoms with Crippen LogP contribution in [0.1, 0.15) is 63.0 Å². The van der Waals surface area contributed by atoms with E-state index in [1.54, 1.807) is 0 Å². The van der Waals surface area contributed by atoms with Crippen molar-refractivity contribution in [3.8, 4) is 5.75 Å². The molecule has 0 aliphatic heterocycles. The van der Waals surface area contributed by atoms with Gasteiger partial charge in [-0.1, -0.05) is 19.9 Å². The molecule has 6 atom stereocenters. The summed E-state index contributed by atoms with van der Waals surface area (Å²) in [6.07, 6.45) is 6.91. The molecule has 2 heteroatoms. The Kier molecular flexibility index (Phi) is 2.27. The number of phenolic OH excluding ortho intramolecular Hbond substituents is 1. The Morgan fingerprint density at radius 3 is 2.82 bits per heavy atom. The van der Waals surface area contributed by atoms with Crippen LogP contribution >= 0.6 is 0 Å². The second kappa shape index (κ2) is 3.72. The van der Waals surface area contributed by atoms with Gasteiger partial charge >= 0.3 is 0 Å². The number of phenols is 1. The molecule has 0 radical (unpaired) electrons. The average molecular weight is 298 g/mol. The van der Waals surface area contributed by atoms with Crippen LogP contribution in [-0.2, 0) is 6.42 Å². The van der Waals surface area contributed by atoms with Gasteiger partial charge in [0.15, 0.2) is 0 Å². The molecule has 3 saturated carbocycles. The third-order valence-corrected chi connectivity index (χ3v) is 8.36. The van der Waals surface area contributed by atoms with E-state index in [0.717, 1.165) is 25.2 Å². The van der Waals surface area contributed by atoms with Gasteiger partial charge in [-0.3, -0.25) is 0 Å². The zero-order valence-electron chi connectivity index (χ0n) is 13.6. The summed E-state index contributed by atoms with van der Waals surface area (Å²) < 4.78 is 0. The highest BCUT2D eigenvalue weighted by Gasteiger charge is 2.82. The third kappa shape index (κ3) is 1.25. The molecule has 1 aromatic carbocycles. The molecule has 0 unspecified atom stereocenters. The van der Waals surface area contributed by atoms with E-state index in [1.165, 1.54) is 30.4 Å². The van der Waals surface area contributed by atoms with Gasteiger partial charge in [-0.05, 0) is 89.9 Å². The first-order chi connectivity index (χ1) is 10.4. The number of aliphatic hydroxyl groups is 1. The summed E-state index contributed by atoms with van der Waals surface area (Å²) in [6, 6.07) is 6.01. The smallest absolute Gasteiger partial charge is 0.115 e. The molecule has 4 aliphatic carbocycles. The molecule has 5 rings (SSSR count). The maximum atomic E-state index is 10.7. The Bertz CT molecular complexity index is 668. The standard InChI is InChI=1S/C20H26O2/c1-18-10-17(22)19(2)8-7-15-14-5-4-13(21)9-12(14)3-6-16(15)20(18,19)11-18/h4-5,9,15-17,21-22H,3,6-8,10-11H2,1-2H3/t15-,16+,17-,18+,19+,20+/m0/s1. The fourth-order valence-electron chi connectivity index (χ4n) is 7.36. The Hall–Kier alpha value is -1.02. The van der Waals surface area contributed by atoms with E-state index in [2.05, 4.69) is 19.9 Å². The van der Waals surface area contributed by atoms with Crippen molar-refractivity contribution in [1.82, 2.24) is 0 Å². The first kappa shape index (κ1) is 13.4. The van der Waals surface area contributed by atoms with Crippen LogP contribution in [0, 0.1) is 22.2 Å². The molecular weight excluding hydrogens is 272 g/mol. The van der Waals surface area contributed by atoms with Crippen LogP contribution in [-0.4, -0.2) is 16.3 Å². The predicted molar refractivity (Wildman–Crippen MR) is 85.8 cm³/mol. The van der Waals surface area contributed by atoms with Crippen LogP contribution in [0.3, 0.4) is 0 Å². The normalized spacial score (nSPS) is 51.5. The summed E-state index contributed by atoms with van der Waals surface area (Å²) >= 11 is 0. The molecule has 1 spiro atoms. The molecule has 0 bridgehead atoms. The third-order valence-electron chi connectivity index (χ3n) is 8.36. The average Bonchev–Trinajstić information content (AvgIpc) is 3.03. The lowest BCUT2D eigenvalue weighted by Gasteiger charge is -2.53. The first-order valence-corrected chi connectivity index (χ1v) is 8.91. The van der Waals surface area contributed by atoms with E-state index in [4.69, 9.17) is 0 Å². The zero-order chi connectivity index (χ0) is 15.3. The number of hydrogen-bond acceptors (Lipinski definition) is 2. The van der Waals surface area contributed by atoms with Crippen molar-refractivity contribution < 1.29 is 10.2 Å². The Morgan fingerprint density at radius 1 is 1.18 bits per heavy atom. The van der Waals surface area contributed by atoms with Crippen molar-refractivity contribution in [2.75, 3.05) is 0 Å².